The van der Waals surface area contributed by atoms with E-state index in [0.717, 1.165) is 17.7 Å². The molecule has 4 aromatic rings. The highest BCUT2D eigenvalue weighted by Gasteiger charge is 2.30. The lowest BCUT2D eigenvalue weighted by molar-refractivity contribution is -0.137. The van der Waals surface area contributed by atoms with Gasteiger partial charge in [-0.25, -0.2) is 4.98 Å². The Bertz CT molecular complexity index is 1370. The third-order valence-corrected chi connectivity index (χ3v) is 5.30. The Balaban J connectivity index is 1.51. The van der Waals surface area contributed by atoms with Crippen LogP contribution in [0.3, 0.4) is 0 Å². The van der Waals surface area contributed by atoms with Gasteiger partial charge in [-0.3, -0.25) is 10.1 Å². The van der Waals surface area contributed by atoms with Gasteiger partial charge in [0.05, 0.1) is 11.3 Å². The summed E-state index contributed by atoms with van der Waals surface area (Å²) >= 11 is 1.22. The van der Waals surface area contributed by atoms with Crippen molar-refractivity contribution in [3.8, 4) is 28.7 Å². The van der Waals surface area contributed by atoms with Crippen molar-refractivity contribution in [1.29, 1.82) is 5.26 Å². The van der Waals surface area contributed by atoms with Crippen LogP contribution in [0.25, 0.3) is 28.7 Å². The van der Waals surface area contributed by atoms with Crippen molar-refractivity contribution in [2.75, 3.05) is 5.32 Å². The van der Waals surface area contributed by atoms with Gasteiger partial charge in [-0.2, -0.15) is 18.4 Å². The van der Waals surface area contributed by atoms with Crippen LogP contribution in [0.4, 0.5) is 18.3 Å². The van der Waals surface area contributed by atoms with E-state index in [1.165, 1.54) is 41.7 Å². The van der Waals surface area contributed by atoms with Crippen molar-refractivity contribution in [1.82, 2.24) is 4.98 Å². The zero-order valence-electron chi connectivity index (χ0n) is 16.8. The first-order chi connectivity index (χ1) is 15.8. The summed E-state index contributed by atoms with van der Waals surface area (Å²) in [7, 11) is 0. The van der Waals surface area contributed by atoms with E-state index >= 15 is 0 Å². The Labute approximate surface area is 190 Å². The van der Waals surface area contributed by atoms with Crippen LogP contribution < -0.4 is 5.32 Å². The van der Waals surface area contributed by atoms with Crippen molar-refractivity contribution in [3.05, 3.63) is 89.0 Å². The molecule has 1 N–H and O–H groups in total. The minimum absolute atomic E-state index is 0.151. The molecule has 2 aromatic heterocycles. The van der Waals surface area contributed by atoms with E-state index in [-0.39, 0.29) is 22.7 Å². The number of halogens is 3. The summed E-state index contributed by atoms with van der Waals surface area (Å²) in [4.78, 5) is 16.9. The second-order valence-corrected chi connectivity index (χ2v) is 7.67. The zero-order chi connectivity index (χ0) is 23.4. The molecule has 2 aromatic carbocycles. The molecular formula is C24H14F3N3O2S. The largest absolute Gasteiger partial charge is 0.457 e. The highest BCUT2D eigenvalue weighted by molar-refractivity contribution is 7.14. The second-order valence-electron chi connectivity index (χ2n) is 6.81. The molecule has 0 saturated heterocycles. The van der Waals surface area contributed by atoms with Crippen molar-refractivity contribution >= 4 is 28.5 Å². The summed E-state index contributed by atoms with van der Waals surface area (Å²) in [6.07, 6.45) is -3.26. The molecule has 0 bridgehead atoms. The standard InChI is InChI=1S/C24H14F3N3O2S/c25-24(26,27)18-8-4-7-16(11-18)21-10-9-19(32-21)12-17(13-28)22(31)30-23-29-20(14-33-23)15-5-2-1-3-6-15/h1-12,14H,(H,29,30,31)/b17-12-. The van der Waals surface area contributed by atoms with Gasteiger partial charge in [0.25, 0.3) is 5.91 Å². The number of furan rings is 1. The van der Waals surface area contributed by atoms with E-state index in [0.29, 0.717) is 10.8 Å². The molecule has 0 unspecified atom stereocenters. The molecule has 0 aliphatic rings. The number of carbonyl (C=O) groups is 1. The number of aromatic nitrogens is 1. The number of alkyl halides is 3. The van der Waals surface area contributed by atoms with Crippen molar-refractivity contribution in [2.24, 2.45) is 0 Å². The van der Waals surface area contributed by atoms with E-state index in [9.17, 15) is 23.2 Å². The van der Waals surface area contributed by atoms with E-state index < -0.39 is 17.6 Å². The fraction of sp³-hybridized carbons (Fsp3) is 0.0417. The molecule has 0 saturated carbocycles. The van der Waals surface area contributed by atoms with Crippen LogP contribution in [0.2, 0.25) is 0 Å². The normalized spacial score (nSPS) is 11.8. The molecule has 0 spiro atoms. The second kappa shape index (κ2) is 9.14. The number of hydrogen-bond acceptors (Lipinski definition) is 5. The van der Waals surface area contributed by atoms with Gasteiger partial charge in [0.2, 0.25) is 0 Å². The number of carbonyl (C=O) groups excluding carboxylic acids is 1. The Kier molecular flexibility index (Phi) is 6.11. The van der Waals surface area contributed by atoms with E-state index in [2.05, 4.69) is 10.3 Å². The molecule has 0 fully saturated rings. The molecule has 4 rings (SSSR count). The maximum atomic E-state index is 12.9. The number of thiazole rings is 1. The SMILES string of the molecule is N#C/C(=C/c1ccc(-c2cccc(C(F)(F)F)c2)o1)C(=O)Nc1nc(-c2ccccc2)cs1. The molecule has 0 radical (unpaired) electrons. The fourth-order valence-electron chi connectivity index (χ4n) is 2.96. The first kappa shape index (κ1) is 22.0. The number of nitriles is 1. The first-order valence-electron chi connectivity index (χ1n) is 9.55. The summed E-state index contributed by atoms with van der Waals surface area (Å²) in [5.74, 6) is -0.348. The van der Waals surface area contributed by atoms with Crippen LogP contribution in [0.5, 0.6) is 0 Å². The molecule has 0 atom stereocenters. The Morgan fingerprint density at radius 2 is 1.82 bits per heavy atom. The van der Waals surface area contributed by atoms with Gasteiger partial charge in [0.15, 0.2) is 5.13 Å². The third-order valence-electron chi connectivity index (χ3n) is 4.55. The lowest BCUT2D eigenvalue weighted by atomic mass is 10.1. The molecular weight excluding hydrogens is 451 g/mol. The number of hydrogen-bond donors (Lipinski definition) is 1. The quantitative estimate of drug-likeness (QED) is 0.265. The van der Waals surface area contributed by atoms with Crippen LogP contribution in [0, 0.1) is 11.3 Å². The summed E-state index contributed by atoms with van der Waals surface area (Å²) in [5.41, 5.74) is 0.766. The molecule has 33 heavy (non-hydrogen) atoms. The summed E-state index contributed by atoms with van der Waals surface area (Å²) in [6.45, 7) is 0. The minimum Gasteiger partial charge on any atom is -0.457 e. The maximum Gasteiger partial charge on any atom is 0.416 e. The number of nitrogens with one attached hydrogen (secondary N) is 1. The Hall–Kier alpha value is -4.16. The predicted octanol–water partition coefficient (Wildman–Crippen LogP) is 6.63. The van der Waals surface area contributed by atoms with Crippen LogP contribution in [-0.4, -0.2) is 10.9 Å². The Morgan fingerprint density at radius 1 is 1.06 bits per heavy atom. The Morgan fingerprint density at radius 3 is 2.55 bits per heavy atom. The van der Waals surface area contributed by atoms with E-state index in [1.54, 1.807) is 11.4 Å². The lowest BCUT2D eigenvalue weighted by Gasteiger charge is -2.07. The smallest absolute Gasteiger partial charge is 0.416 e. The maximum absolute atomic E-state index is 12.9. The number of amides is 1. The summed E-state index contributed by atoms with van der Waals surface area (Å²) in [6, 6.07) is 18.9. The minimum atomic E-state index is -4.48. The van der Waals surface area contributed by atoms with Gasteiger partial charge in [0.1, 0.15) is 23.2 Å². The molecule has 2 heterocycles. The highest BCUT2D eigenvalue weighted by atomic mass is 32.1. The third kappa shape index (κ3) is 5.19. The molecule has 9 heteroatoms. The lowest BCUT2D eigenvalue weighted by Crippen LogP contribution is -2.13. The zero-order valence-corrected chi connectivity index (χ0v) is 17.6. The molecule has 5 nitrogen and oxygen atoms in total. The van der Waals surface area contributed by atoms with Crippen molar-refractivity contribution in [2.45, 2.75) is 6.18 Å². The average Bonchev–Trinajstić information content (AvgIpc) is 3.47. The van der Waals surface area contributed by atoms with Crippen molar-refractivity contribution < 1.29 is 22.4 Å². The van der Waals surface area contributed by atoms with Gasteiger partial charge < -0.3 is 4.42 Å². The number of benzene rings is 2. The summed E-state index contributed by atoms with van der Waals surface area (Å²) < 4.78 is 44.4. The first-order valence-corrected chi connectivity index (χ1v) is 10.4. The topological polar surface area (TPSA) is 78.9 Å². The van der Waals surface area contributed by atoms with Gasteiger partial charge in [-0.15, -0.1) is 11.3 Å². The number of rotatable bonds is 5. The van der Waals surface area contributed by atoms with E-state index in [1.807, 2.05) is 30.3 Å². The molecule has 0 aliphatic heterocycles. The van der Waals surface area contributed by atoms with Gasteiger partial charge in [-0.1, -0.05) is 42.5 Å². The fourth-order valence-corrected chi connectivity index (χ4v) is 3.68. The molecule has 0 aliphatic carbocycles. The van der Waals surface area contributed by atoms with Gasteiger partial charge in [0, 0.05) is 22.6 Å². The summed E-state index contributed by atoms with van der Waals surface area (Å²) in [5, 5.41) is 14.1. The van der Waals surface area contributed by atoms with Crippen LogP contribution in [0.15, 0.2) is 82.1 Å². The number of anilines is 1. The number of nitrogens with zero attached hydrogens (tertiary/aromatic N) is 2. The predicted molar refractivity (Wildman–Crippen MR) is 119 cm³/mol. The van der Waals surface area contributed by atoms with Crippen molar-refractivity contribution in [3.63, 3.8) is 0 Å². The van der Waals surface area contributed by atoms with Gasteiger partial charge in [-0.05, 0) is 24.3 Å². The van der Waals surface area contributed by atoms with E-state index in [4.69, 9.17) is 4.42 Å². The van der Waals surface area contributed by atoms with Crippen LogP contribution in [-0.2, 0) is 11.0 Å². The monoisotopic (exact) mass is 465 g/mol. The van der Waals surface area contributed by atoms with Crippen LogP contribution in [0.1, 0.15) is 11.3 Å². The highest BCUT2D eigenvalue weighted by Crippen LogP contribution is 2.33. The molecule has 164 valence electrons. The average molecular weight is 465 g/mol. The van der Waals surface area contributed by atoms with Crippen LogP contribution >= 0.6 is 11.3 Å². The molecule has 1 amide bonds. The van der Waals surface area contributed by atoms with Gasteiger partial charge >= 0.3 is 6.18 Å².